The lowest BCUT2D eigenvalue weighted by Crippen LogP contribution is -2.01. The summed E-state index contributed by atoms with van der Waals surface area (Å²) in [5.41, 5.74) is 4.86. The summed E-state index contributed by atoms with van der Waals surface area (Å²) in [6, 6.07) is 3.84. The summed E-state index contributed by atoms with van der Waals surface area (Å²) in [4.78, 5) is 10.8. The maximum atomic E-state index is 10.8. The summed E-state index contributed by atoms with van der Waals surface area (Å²) in [5.74, 6) is -0.471. The SMILES string of the molecule is C=C(C)CCc1cc(CCC(=O)O)cc(CCC(=C)C)c1O. The molecule has 0 amide bonds. The van der Waals surface area contributed by atoms with Crippen molar-refractivity contribution in [1.82, 2.24) is 0 Å². The predicted molar refractivity (Wildman–Crippen MR) is 90.3 cm³/mol. The number of aliphatic carboxylic acids is 1. The number of carboxylic acid groups (broad SMARTS) is 1. The first kappa shape index (κ1) is 18.0. The number of aromatic hydroxyl groups is 1. The molecule has 1 rings (SSSR count). The topological polar surface area (TPSA) is 57.5 Å². The zero-order chi connectivity index (χ0) is 16.7. The monoisotopic (exact) mass is 302 g/mol. The molecule has 0 aliphatic rings. The van der Waals surface area contributed by atoms with Crippen molar-refractivity contribution in [2.75, 3.05) is 0 Å². The van der Waals surface area contributed by atoms with Gasteiger partial charge in [-0.25, -0.2) is 0 Å². The zero-order valence-corrected chi connectivity index (χ0v) is 13.6. The molecule has 1 aromatic carbocycles. The largest absolute Gasteiger partial charge is 0.507 e. The molecule has 0 bridgehead atoms. The van der Waals surface area contributed by atoms with Gasteiger partial charge in [-0.05, 0) is 62.6 Å². The minimum Gasteiger partial charge on any atom is -0.507 e. The number of allylic oxidation sites excluding steroid dienone is 2. The molecule has 22 heavy (non-hydrogen) atoms. The molecule has 0 saturated heterocycles. The van der Waals surface area contributed by atoms with E-state index >= 15 is 0 Å². The van der Waals surface area contributed by atoms with Crippen LogP contribution in [-0.2, 0) is 24.1 Å². The van der Waals surface area contributed by atoms with Crippen LogP contribution in [0.4, 0.5) is 0 Å². The fourth-order valence-corrected chi connectivity index (χ4v) is 2.31. The van der Waals surface area contributed by atoms with Gasteiger partial charge in [-0.3, -0.25) is 4.79 Å². The lowest BCUT2D eigenvalue weighted by Gasteiger charge is -2.13. The van der Waals surface area contributed by atoms with E-state index < -0.39 is 5.97 Å². The molecule has 1 aromatic rings. The highest BCUT2D eigenvalue weighted by molar-refractivity contribution is 5.67. The standard InChI is InChI=1S/C19H26O3/c1-13(2)5-8-16-11-15(7-10-18(20)21)12-17(19(16)22)9-6-14(3)4/h11-12,22H,1,3,5-10H2,2,4H3,(H,20,21). The summed E-state index contributed by atoms with van der Waals surface area (Å²) < 4.78 is 0. The van der Waals surface area contributed by atoms with Crippen LogP contribution < -0.4 is 0 Å². The predicted octanol–water partition coefficient (Wildman–Crippen LogP) is 4.43. The molecule has 0 unspecified atom stereocenters. The van der Waals surface area contributed by atoms with Crippen molar-refractivity contribution in [3.05, 3.63) is 53.1 Å². The van der Waals surface area contributed by atoms with Gasteiger partial charge in [0.05, 0.1) is 0 Å². The quantitative estimate of drug-likeness (QED) is 0.664. The molecule has 0 aromatic heterocycles. The zero-order valence-electron chi connectivity index (χ0n) is 13.6. The van der Waals surface area contributed by atoms with Crippen molar-refractivity contribution in [3.63, 3.8) is 0 Å². The summed E-state index contributed by atoms with van der Waals surface area (Å²) in [5, 5.41) is 19.3. The van der Waals surface area contributed by atoms with Crippen molar-refractivity contribution in [3.8, 4) is 5.75 Å². The smallest absolute Gasteiger partial charge is 0.303 e. The first-order valence-electron chi connectivity index (χ1n) is 7.63. The molecule has 120 valence electrons. The average molecular weight is 302 g/mol. The third-order valence-corrected chi connectivity index (χ3v) is 3.60. The number of phenolic OH excluding ortho intramolecular Hbond substituents is 1. The number of phenols is 1. The van der Waals surface area contributed by atoms with Crippen LogP contribution >= 0.6 is 0 Å². The molecule has 3 nitrogen and oxygen atoms in total. The van der Waals surface area contributed by atoms with E-state index in [2.05, 4.69) is 13.2 Å². The van der Waals surface area contributed by atoms with E-state index in [9.17, 15) is 9.90 Å². The summed E-state index contributed by atoms with van der Waals surface area (Å²) in [6.45, 7) is 11.7. The molecule has 0 heterocycles. The minimum atomic E-state index is -0.806. The van der Waals surface area contributed by atoms with E-state index in [1.807, 2.05) is 26.0 Å². The lowest BCUT2D eigenvalue weighted by atomic mass is 9.94. The van der Waals surface area contributed by atoms with Gasteiger partial charge < -0.3 is 10.2 Å². The first-order chi connectivity index (χ1) is 10.3. The van der Waals surface area contributed by atoms with Crippen molar-refractivity contribution >= 4 is 5.97 Å². The van der Waals surface area contributed by atoms with Crippen LogP contribution in [0.1, 0.15) is 49.8 Å². The van der Waals surface area contributed by atoms with Crippen molar-refractivity contribution in [2.45, 2.75) is 52.4 Å². The Balaban J connectivity index is 3.03. The fourth-order valence-electron chi connectivity index (χ4n) is 2.31. The molecule has 0 aliphatic heterocycles. The van der Waals surface area contributed by atoms with Gasteiger partial charge in [0.15, 0.2) is 0 Å². The Morgan fingerprint density at radius 3 is 1.77 bits per heavy atom. The first-order valence-corrected chi connectivity index (χ1v) is 7.63. The highest BCUT2D eigenvalue weighted by Gasteiger charge is 2.11. The summed E-state index contributed by atoms with van der Waals surface area (Å²) in [7, 11) is 0. The Labute approximate surface area is 133 Å². The highest BCUT2D eigenvalue weighted by Crippen LogP contribution is 2.29. The van der Waals surface area contributed by atoms with Crippen LogP contribution in [-0.4, -0.2) is 16.2 Å². The van der Waals surface area contributed by atoms with E-state index in [1.165, 1.54) is 0 Å². The van der Waals surface area contributed by atoms with Crippen LogP contribution in [0.3, 0.4) is 0 Å². The van der Waals surface area contributed by atoms with Gasteiger partial charge in [0.1, 0.15) is 5.75 Å². The molecule has 0 saturated carbocycles. The van der Waals surface area contributed by atoms with Crippen LogP contribution in [0.5, 0.6) is 5.75 Å². The van der Waals surface area contributed by atoms with Gasteiger partial charge in [0, 0.05) is 6.42 Å². The number of rotatable bonds is 9. The number of benzene rings is 1. The molecule has 2 N–H and O–H groups in total. The molecule has 0 fully saturated rings. The maximum Gasteiger partial charge on any atom is 0.303 e. The van der Waals surface area contributed by atoms with Crippen LogP contribution in [0.25, 0.3) is 0 Å². The second kappa shape index (κ2) is 8.42. The van der Waals surface area contributed by atoms with Gasteiger partial charge in [-0.15, -0.1) is 13.2 Å². The van der Waals surface area contributed by atoms with Gasteiger partial charge in [-0.1, -0.05) is 23.3 Å². The third-order valence-electron chi connectivity index (χ3n) is 3.60. The second-order valence-corrected chi connectivity index (χ2v) is 6.07. The molecule has 0 radical (unpaired) electrons. The van der Waals surface area contributed by atoms with Crippen LogP contribution in [0.2, 0.25) is 0 Å². The molecule has 3 heteroatoms. The Kier molecular flexibility index (Phi) is 6.90. The van der Waals surface area contributed by atoms with Crippen molar-refractivity contribution in [1.29, 1.82) is 0 Å². The molecular formula is C19H26O3. The Hall–Kier alpha value is -2.03. The van der Waals surface area contributed by atoms with Gasteiger partial charge in [0.2, 0.25) is 0 Å². The van der Waals surface area contributed by atoms with E-state index in [0.717, 1.165) is 53.5 Å². The Bertz CT molecular complexity index is 531. The average Bonchev–Trinajstić information content (AvgIpc) is 2.42. The number of carboxylic acids is 1. The van der Waals surface area contributed by atoms with Crippen molar-refractivity contribution < 1.29 is 15.0 Å². The van der Waals surface area contributed by atoms with E-state index in [1.54, 1.807) is 0 Å². The lowest BCUT2D eigenvalue weighted by molar-refractivity contribution is -0.136. The van der Waals surface area contributed by atoms with Gasteiger partial charge in [0.25, 0.3) is 0 Å². The van der Waals surface area contributed by atoms with Crippen LogP contribution in [0.15, 0.2) is 36.4 Å². The van der Waals surface area contributed by atoms with Crippen LogP contribution in [0, 0.1) is 0 Å². The Morgan fingerprint density at radius 2 is 1.41 bits per heavy atom. The van der Waals surface area contributed by atoms with E-state index in [-0.39, 0.29) is 6.42 Å². The molecule has 0 spiro atoms. The number of hydrogen-bond donors (Lipinski definition) is 2. The maximum absolute atomic E-state index is 10.8. The number of aryl methyl sites for hydroxylation is 3. The normalized spacial score (nSPS) is 10.5. The number of hydrogen-bond acceptors (Lipinski definition) is 2. The molecule has 0 atom stereocenters. The fraction of sp³-hybridized carbons (Fsp3) is 0.421. The highest BCUT2D eigenvalue weighted by atomic mass is 16.4. The van der Waals surface area contributed by atoms with E-state index in [0.29, 0.717) is 12.2 Å². The Morgan fingerprint density at radius 1 is 0.955 bits per heavy atom. The second-order valence-electron chi connectivity index (χ2n) is 6.07. The molecule has 0 aliphatic carbocycles. The van der Waals surface area contributed by atoms with Crippen molar-refractivity contribution in [2.24, 2.45) is 0 Å². The molecular weight excluding hydrogens is 276 g/mol. The van der Waals surface area contributed by atoms with Gasteiger partial charge in [-0.2, -0.15) is 0 Å². The minimum absolute atomic E-state index is 0.102. The van der Waals surface area contributed by atoms with E-state index in [4.69, 9.17) is 5.11 Å². The summed E-state index contributed by atoms with van der Waals surface area (Å²) in [6.07, 6.45) is 3.66. The van der Waals surface area contributed by atoms with Gasteiger partial charge >= 0.3 is 5.97 Å². The third kappa shape index (κ3) is 6.17. The number of carbonyl (C=O) groups is 1. The summed E-state index contributed by atoms with van der Waals surface area (Å²) >= 11 is 0.